The maximum atomic E-state index is 13.4. The van der Waals surface area contributed by atoms with Crippen molar-refractivity contribution < 1.29 is 14.0 Å². The van der Waals surface area contributed by atoms with E-state index in [2.05, 4.69) is 12.1 Å². The topological polar surface area (TPSA) is 53.8 Å². The number of aryl methyl sites for hydroxylation is 1. The summed E-state index contributed by atoms with van der Waals surface area (Å²) in [5.74, 6) is 0.471. The van der Waals surface area contributed by atoms with Gasteiger partial charge in [-0.25, -0.2) is 0 Å². The average molecular weight is 433 g/mol. The predicted octanol–water partition coefficient (Wildman–Crippen LogP) is 5.10. The summed E-state index contributed by atoms with van der Waals surface area (Å²) in [7, 11) is 0. The Kier molecular flexibility index (Phi) is 7.52. The number of rotatable bonds is 8. The van der Waals surface area contributed by atoms with Gasteiger partial charge in [0.25, 0.3) is 5.91 Å². The zero-order chi connectivity index (χ0) is 23.1. The fourth-order valence-corrected chi connectivity index (χ4v) is 3.49. The highest BCUT2D eigenvalue weighted by Gasteiger charge is 2.31. The second kappa shape index (κ2) is 10.3. The van der Waals surface area contributed by atoms with Gasteiger partial charge >= 0.3 is 0 Å². The van der Waals surface area contributed by atoms with Crippen LogP contribution >= 0.6 is 0 Å². The first-order chi connectivity index (χ1) is 15.2. The van der Waals surface area contributed by atoms with Crippen LogP contribution in [0.1, 0.15) is 48.0 Å². The van der Waals surface area contributed by atoms with Crippen molar-refractivity contribution in [3.05, 3.63) is 95.4 Å². The lowest BCUT2D eigenvalue weighted by atomic mass is 10.0. The van der Waals surface area contributed by atoms with Crippen LogP contribution < -0.4 is 0 Å². The Hall–Kier alpha value is -3.34. The molecule has 0 saturated carbocycles. The van der Waals surface area contributed by atoms with E-state index in [0.29, 0.717) is 18.7 Å². The molecule has 0 bridgehead atoms. The van der Waals surface area contributed by atoms with Gasteiger partial charge in [0, 0.05) is 17.6 Å². The van der Waals surface area contributed by atoms with E-state index in [9.17, 15) is 9.59 Å². The number of hydrogen-bond donors (Lipinski definition) is 0. The molecule has 0 fully saturated rings. The van der Waals surface area contributed by atoms with E-state index in [1.54, 1.807) is 16.1 Å². The van der Waals surface area contributed by atoms with E-state index in [-0.39, 0.29) is 18.4 Å². The average Bonchev–Trinajstić information content (AvgIpc) is 3.28. The first kappa shape index (κ1) is 23.3. The first-order valence-electron chi connectivity index (χ1n) is 11.0. The van der Waals surface area contributed by atoms with Gasteiger partial charge in [-0.15, -0.1) is 0 Å². The smallest absolute Gasteiger partial charge is 0.254 e. The molecule has 0 N–H and O–H groups in total. The molecule has 0 aliphatic carbocycles. The summed E-state index contributed by atoms with van der Waals surface area (Å²) in [4.78, 5) is 30.1. The number of carbonyl (C=O) groups is 2. The molecule has 5 nitrogen and oxygen atoms in total. The van der Waals surface area contributed by atoms with Crippen molar-refractivity contribution in [2.75, 3.05) is 13.1 Å². The Morgan fingerprint density at radius 3 is 2.19 bits per heavy atom. The van der Waals surface area contributed by atoms with Crippen molar-refractivity contribution in [3.63, 3.8) is 0 Å². The van der Waals surface area contributed by atoms with Crippen molar-refractivity contribution in [1.82, 2.24) is 9.80 Å². The lowest BCUT2D eigenvalue weighted by Crippen LogP contribution is -2.51. The normalized spacial score (nSPS) is 11.2. The van der Waals surface area contributed by atoms with Crippen LogP contribution in [-0.4, -0.2) is 40.2 Å². The third-order valence-corrected chi connectivity index (χ3v) is 5.44. The Morgan fingerprint density at radius 1 is 0.906 bits per heavy atom. The van der Waals surface area contributed by atoms with Crippen molar-refractivity contribution in [2.24, 2.45) is 0 Å². The summed E-state index contributed by atoms with van der Waals surface area (Å²) in [5.41, 5.74) is 2.33. The Bertz CT molecular complexity index is 1000. The Labute approximate surface area is 190 Å². The molecule has 5 heteroatoms. The predicted molar refractivity (Wildman–Crippen MR) is 126 cm³/mol. The Balaban J connectivity index is 1.78. The van der Waals surface area contributed by atoms with Crippen LogP contribution in [0.5, 0.6) is 0 Å². The molecule has 0 aliphatic rings. The molecule has 0 unspecified atom stereocenters. The summed E-state index contributed by atoms with van der Waals surface area (Å²) < 4.78 is 5.49. The van der Waals surface area contributed by atoms with E-state index in [0.717, 1.165) is 23.3 Å². The second-order valence-electron chi connectivity index (χ2n) is 9.06. The molecular weight excluding hydrogens is 400 g/mol. The maximum Gasteiger partial charge on any atom is 0.254 e. The van der Waals surface area contributed by atoms with E-state index in [1.165, 1.54) is 0 Å². The SMILES string of the molecule is Cc1ccc(C(=O)N(CC(=O)N(CCc2ccccc2)Cc2ccco2)C(C)(C)C)cc1. The van der Waals surface area contributed by atoms with Crippen LogP contribution in [0.4, 0.5) is 0 Å². The summed E-state index contributed by atoms with van der Waals surface area (Å²) in [6.45, 7) is 8.76. The molecule has 0 aliphatic heterocycles. The molecule has 32 heavy (non-hydrogen) atoms. The second-order valence-corrected chi connectivity index (χ2v) is 9.06. The van der Waals surface area contributed by atoms with Crippen LogP contribution in [-0.2, 0) is 17.8 Å². The monoisotopic (exact) mass is 432 g/mol. The third kappa shape index (κ3) is 6.33. The summed E-state index contributed by atoms with van der Waals surface area (Å²) >= 11 is 0. The molecule has 0 spiro atoms. The number of carbonyl (C=O) groups excluding carboxylic acids is 2. The zero-order valence-corrected chi connectivity index (χ0v) is 19.4. The van der Waals surface area contributed by atoms with Crippen LogP contribution in [0.3, 0.4) is 0 Å². The first-order valence-corrected chi connectivity index (χ1v) is 11.0. The summed E-state index contributed by atoms with van der Waals surface area (Å²) in [6, 6.07) is 21.2. The number of hydrogen-bond acceptors (Lipinski definition) is 3. The van der Waals surface area contributed by atoms with E-state index in [4.69, 9.17) is 4.42 Å². The standard InChI is InChI=1S/C27H32N2O3/c1-21-12-14-23(15-13-21)26(31)29(27(2,3)4)20-25(30)28(19-24-11-8-18-32-24)17-16-22-9-6-5-7-10-22/h5-15,18H,16-17,19-20H2,1-4H3. The summed E-state index contributed by atoms with van der Waals surface area (Å²) in [5, 5.41) is 0. The van der Waals surface area contributed by atoms with Gasteiger partial charge in [0.15, 0.2) is 0 Å². The Morgan fingerprint density at radius 2 is 1.59 bits per heavy atom. The van der Waals surface area contributed by atoms with Gasteiger partial charge in [0.2, 0.25) is 5.91 Å². The minimum absolute atomic E-state index is 0.00566. The molecule has 0 radical (unpaired) electrons. The van der Waals surface area contributed by atoms with Gasteiger partial charge < -0.3 is 14.2 Å². The molecule has 1 heterocycles. The highest BCUT2D eigenvalue weighted by atomic mass is 16.3. The van der Waals surface area contributed by atoms with Crippen molar-refractivity contribution in [2.45, 2.75) is 46.2 Å². The number of furan rings is 1. The molecule has 2 aromatic carbocycles. The fourth-order valence-electron chi connectivity index (χ4n) is 3.49. The molecule has 0 saturated heterocycles. The lowest BCUT2D eigenvalue weighted by molar-refractivity contribution is -0.133. The molecule has 3 aromatic rings. The summed E-state index contributed by atoms with van der Waals surface area (Å²) in [6.07, 6.45) is 2.34. The van der Waals surface area contributed by atoms with Gasteiger partial charge in [-0.1, -0.05) is 48.0 Å². The minimum Gasteiger partial charge on any atom is -0.467 e. The zero-order valence-electron chi connectivity index (χ0n) is 19.4. The molecule has 3 rings (SSSR count). The number of amides is 2. The van der Waals surface area contributed by atoms with Crippen LogP contribution in [0.2, 0.25) is 0 Å². The fraction of sp³-hybridized carbons (Fsp3) is 0.333. The van der Waals surface area contributed by atoms with E-state index >= 15 is 0 Å². The molecule has 0 atom stereocenters. The number of nitrogens with zero attached hydrogens (tertiary/aromatic N) is 2. The molecule has 1 aromatic heterocycles. The maximum absolute atomic E-state index is 13.4. The van der Waals surface area contributed by atoms with Crippen molar-refractivity contribution >= 4 is 11.8 Å². The van der Waals surface area contributed by atoms with E-state index in [1.807, 2.05) is 82.3 Å². The highest BCUT2D eigenvalue weighted by molar-refractivity contribution is 5.97. The molecular formula is C27H32N2O3. The van der Waals surface area contributed by atoms with Crippen LogP contribution in [0.15, 0.2) is 77.4 Å². The van der Waals surface area contributed by atoms with Gasteiger partial charge in [-0.2, -0.15) is 0 Å². The van der Waals surface area contributed by atoms with Gasteiger partial charge in [0.05, 0.1) is 12.8 Å². The van der Waals surface area contributed by atoms with Crippen molar-refractivity contribution in [1.29, 1.82) is 0 Å². The highest BCUT2D eigenvalue weighted by Crippen LogP contribution is 2.19. The lowest BCUT2D eigenvalue weighted by Gasteiger charge is -2.37. The molecule has 168 valence electrons. The van der Waals surface area contributed by atoms with Crippen LogP contribution in [0, 0.1) is 6.92 Å². The quantitative estimate of drug-likeness (QED) is 0.498. The largest absolute Gasteiger partial charge is 0.467 e. The third-order valence-electron chi connectivity index (χ3n) is 5.44. The van der Waals surface area contributed by atoms with E-state index < -0.39 is 5.54 Å². The van der Waals surface area contributed by atoms with Crippen LogP contribution in [0.25, 0.3) is 0 Å². The van der Waals surface area contributed by atoms with Crippen molar-refractivity contribution in [3.8, 4) is 0 Å². The number of benzene rings is 2. The minimum atomic E-state index is -0.507. The van der Waals surface area contributed by atoms with Gasteiger partial charge in [-0.05, 0) is 63.9 Å². The van der Waals surface area contributed by atoms with Gasteiger partial charge in [0.1, 0.15) is 12.3 Å². The van der Waals surface area contributed by atoms with Gasteiger partial charge in [-0.3, -0.25) is 9.59 Å². The molecule has 2 amide bonds.